The molecular weight excluding hydrogens is 402 g/mol. The summed E-state index contributed by atoms with van der Waals surface area (Å²) in [5.41, 5.74) is 0.608. The van der Waals surface area contributed by atoms with E-state index in [-0.39, 0.29) is 24.4 Å². The summed E-state index contributed by atoms with van der Waals surface area (Å²) in [6, 6.07) is 3.86. The standard InChI is InChI=1S/C22H26F2N6O/c1-21(2,29-11-7-22(23,24)14-29)19(30-15-27-17-13-26-8-6-18(17)30)16(12-25)20(31)28-9-4-3-5-10-28/h6,8,13,15H,3-5,7,9-11,14H2,1-2H3. The van der Waals surface area contributed by atoms with Crippen LogP contribution in [0.1, 0.15) is 39.5 Å². The van der Waals surface area contributed by atoms with Crippen LogP contribution >= 0.6 is 0 Å². The van der Waals surface area contributed by atoms with Crippen LogP contribution in [-0.2, 0) is 4.79 Å². The SMILES string of the molecule is CC(C)(C(=C(C#N)C(=O)N1CCCCC1)n1cnc2cnccc21)N1CCC(F)(F)C1. The average Bonchev–Trinajstić information content (AvgIpc) is 3.35. The summed E-state index contributed by atoms with van der Waals surface area (Å²) in [6.45, 7) is 4.51. The highest BCUT2D eigenvalue weighted by Crippen LogP contribution is 2.39. The van der Waals surface area contributed by atoms with E-state index in [1.54, 1.807) is 53.0 Å². The third-order valence-corrected chi connectivity index (χ3v) is 6.34. The van der Waals surface area contributed by atoms with Gasteiger partial charge in [0.1, 0.15) is 23.5 Å². The highest BCUT2D eigenvalue weighted by molar-refractivity contribution is 6.04. The van der Waals surface area contributed by atoms with Crippen molar-refractivity contribution in [2.45, 2.75) is 51.0 Å². The molecule has 4 rings (SSSR count). The van der Waals surface area contributed by atoms with Gasteiger partial charge in [-0.25, -0.2) is 13.8 Å². The largest absolute Gasteiger partial charge is 0.338 e. The van der Waals surface area contributed by atoms with E-state index in [9.17, 15) is 18.8 Å². The quantitative estimate of drug-likeness (QED) is 0.552. The minimum absolute atomic E-state index is 0.0294. The molecule has 2 aliphatic rings. The van der Waals surface area contributed by atoms with Gasteiger partial charge < -0.3 is 4.90 Å². The first-order valence-electron chi connectivity index (χ1n) is 10.6. The molecule has 2 aliphatic heterocycles. The highest BCUT2D eigenvalue weighted by Gasteiger charge is 2.47. The van der Waals surface area contributed by atoms with Crippen molar-refractivity contribution in [1.29, 1.82) is 5.26 Å². The van der Waals surface area contributed by atoms with E-state index in [0.717, 1.165) is 19.3 Å². The number of piperidine rings is 1. The number of alkyl halides is 2. The first kappa shape index (κ1) is 21.4. The summed E-state index contributed by atoms with van der Waals surface area (Å²) in [4.78, 5) is 25.2. The zero-order valence-electron chi connectivity index (χ0n) is 17.8. The van der Waals surface area contributed by atoms with Crippen molar-refractivity contribution in [2.75, 3.05) is 26.2 Å². The molecule has 164 valence electrons. The maximum Gasteiger partial charge on any atom is 0.266 e. The van der Waals surface area contributed by atoms with Gasteiger partial charge in [0.05, 0.1) is 29.5 Å². The first-order chi connectivity index (χ1) is 14.7. The zero-order chi connectivity index (χ0) is 22.2. The molecule has 9 heteroatoms. The fourth-order valence-electron chi connectivity index (χ4n) is 4.58. The van der Waals surface area contributed by atoms with Crippen molar-refractivity contribution in [2.24, 2.45) is 0 Å². The summed E-state index contributed by atoms with van der Waals surface area (Å²) in [6.07, 6.45) is 7.32. The molecule has 2 aromatic heterocycles. The number of nitrogens with zero attached hydrogens (tertiary/aromatic N) is 6. The number of rotatable bonds is 4. The lowest BCUT2D eigenvalue weighted by Gasteiger charge is -2.39. The second kappa shape index (κ2) is 8.00. The van der Waals surface area contributed by atoms with Crippen molar-refractivity contribution in [3.63, 3.8) is 0 Å². The number of amides is 1. The lowest BCUT2D eigenvalue weighted by Crippen LogP contribution is -2.47. The maximum atomic E-state index is 14.1. The molecule has 0 N–H and O–H groups in total. The number of likely N-dealkylation sites (tertiary alicyclic amines) is 2. The monoisotopic (exact) mass is 428 g/mol. The van der Waals surface area contributed by atoms with Crippen molar-refractivity contribution in [3.05, 3.63) is 30.4 Å². The van der Waals surface area contributed by atoms with Crippen LogP contribution in [0.3, 0.4) is 0 Å². The van der Waals surface area contributed by atoms with Crippen molar-refractivity contribution in [3.8, 4) is 6.07 Å². The van der Waals surface area contributed by atoms with Crippen LogP contribution in [0, 0.1) is 11.3 Å². The van der Waals surface area contributed by atoms with Gasteiger partial charge in [-0.15, -0.1) is 0 Å². The van der Waals surface area contributed by atoms with E-state index < -0.39 is 18.0 Å². The third kappa shape index (κ3) is 3.92. The smallest absolute Gasteiger partial charge is 0.266 e. The van der Waals surface area contributed by atoms with Crippen LogP contribution in [0.15, 0.2) is 30.4 Å². The number of hydrogen-bond acceptors (Lipinski definition) is 5. The Kier molecular flexibility index (Phi) is 5.52. The first-order valence-corrected chi connectivity index (χ1v) is 10.6. The average molecular weight is 428 g/mol. The summed E-state index contributed by atoms with van der Waals surface area (Å²) in [5.74, 6) is -3.15. The Morgan fingerprint density at radius 1 is 1.23 bits per heavy atom. The Bertz CT molecular complexity index is 1060. The molecule has 0 unspecified atom stereocenters. The Morgan fingerprint density at radius 3 is 2.61 bits per heavy atom. The Hall–Kier alpha value is -2.86. The van der Waals surface area contributed by atoms with Gasteiger partial charge in [0.2, 0.25) is 0 Å². The lowest BCUT2D eigenvalue weighted by molar-refractivity contribution is -0.127. The van der Waals surface area contributed by atoms with E-state index >= 15 is 0 Å². The van der Waals surface area contributed by atoms with E-state index in [2.05, 4.69) is 16.0 Å². The van der Waals surface area contributed by atoms with E-state index in [1.807, 2.05) is 0 Å². The van der Waals surface area contributed by atoms with Crippen molar-refractivity contribution in [1.82, 2.24) is 24.3 Å². The normalized spacial score (nSPS) is 20.5. The van der Waals surface area contributed by atoms with Crippen molar-refractivity contribution < 1.29 is 13.6 Å². The molecule has 2 aromatic rings. The summed E-state index contributed by atoms with van der Waals surface area (Å²) in [5, 5.41) is 10.1. The second-order valence-corrected chi connectivity index (χ2v) is 8.75. The number of pyridine rings is 1. The molecule has 2 saturated heterocycles. The van der Waals surface area contributed by atoms with Gasteiger partial charge in [0.15, 0.2) is 0 Å². The number of halogens is 2. The Morgan fingerprint density at radius 2 is 1.97 bits per heavy atom. The molecule has 1 amide bonds. The molecule has 0 bridgehead atoms. The summed E-state index contributed by atoms with van der Waals surface area (Å²) < 4.78 is 29.9. The number of fused-ring (bicyclic) bond motifs is 1. The number of hydrogen-bond donors (Lipinski definition) is 0. The van der Waals surface area contributed by atoms with Crippen LogP contribution < -0.4 is 0 Å². The topological polar surface area (TPSA) is 78.0 Å². The molecule has 2 fully saturated rings. The number of aromatic nitrogens is 3. The molecular formula is C22H26F2N6O. The van der Waals surface area contributed by atoms with Crippen LogP contribution in [0.4, 0.5) is 8.78 Å². The van der Waals surface area contributed by atoms with Crippen molar-refractivity contribution >= 4 is 22.6 Å². The van der Waals surface area contributed by atoms with E-state index in [1.165, 1.54) is 0 Å². The maximum absolute atomic E-state index is 14.1. The van der Waals surface area contributed by atoms with Gasteiger partial charge in [0, 0.05) is 32.3 Å². The zero-order valence-corrected chi connectivity index (χ0v) is 17.8. The fraction of sp³-hybridized carbons (Fsp3) is 0.545. The van der Waals surface area contributed by atoms with Gasteiger partial charge >= 0.3 is 0 Å². The van der Waals surface area contributed by atoms with Crippen LogP contribution in [0.5, 0.6) is 0 Å². The Labute approximate surface area is 180 Å². The highest BCUT2D eigenvalue weighted by atomic mass is 19.3. The van der Waals surface area contributed by atoms with Crippen LogP contribution in [-0.4, -0.2) is 67.9 Å². The number of carbonyl (C=O) groups excluding carboxylic acids is 1. The number of carbonyl (C=O) groups is 1. The molecule has 0 radical (unpaired) electrons. The molecule has 0 saturated carbocycles. The predicted molar refractivity (Wildman–Crippen MR) is 112 cm³/mol. The van der Waals surface area contributed by atoms with Crippen LogP contribution in [0.2, 0.25) is 0 Å². The minimum Gasteiger partial charge on any atom is -0.338 e. The lowest BCUT2D eigenvalue weighted by atomic mass is 9.92. The molecule has 0 spiro atoms. The molecule has 31 heavy (non-hydrogen) atoms. The van der Waals surface area contributed by atoms with Gasteiger partial charge in [-0.1, -0.05) is 0 Å². The molecule has 0 aromatic carbocycles. The molecule has 0 atom stereocenters. The Balaban J connectivity index is 1.89. The fourth-order valence-corrected chi connectivity index (χ4v) is 4.58. The van der Waals surface area contributed by atoms with Gasteiger partial charge in [-0.3, -0.25) is 19.2 Å². The van der Waals surface area contributed by atoms with Gasteiger partial charge in [-0.2, -0.15) is 5.26 Å². The number of imidazole rings is 1. The minimum atomic E-state index is -2.80. The molecule has 0 aliphatic carbocycles. The third-order valence-electron chi connectivity index (χ3n) is 6.34. The second-order valence-electron chi connectivity index (χ2n) is 8.75. The number of nitriles is 1. The summed E-state index contributed by atoms with van der Waals surface area (Å²) in [7, 11) is 0. The van der Waals surface area contributed by atoms with Gasteiger partial charge in [-0.05, 0) is 39.2 Å². The molecule has 4 heterocycles. The van der Waals surface area contributed by atoms with E-state index in [0.29, 0.717) is 29.8 Å². The summed E-state index contributed by atoms with van der Waals surface area (Å²) >= 11 is 0. The van der Waals surface area contributed by atoms with E-state index in [4.69, 9.17) is 0 Å². The van der Waals surface area contributed by atoms with Gasteiger partial charge in [0.25, 0.3) is 11.8 Å². The molecule has 7 nitrogen and oxygen atoms in total. The predicted octanol–water partition coefficient (Wildman–Crippen LogP) is 3.30. The van der Waals surface area contributed by atoms with Crippen LogP contribution in [0.25, 0.3) is 16.7 Å².